The second kappa shape index (κ2) is 9.12. The van der Waals surface area contributed by atoms with Gasteiger partial charge in [-0.15, -0.1) is 6.58 Å². The molecule has 2 aromatic carbocycles. The number of aliphatic hydroxyl groups is 1. The van der Waals surface area contributed by atoms with Crippen LogP contribution in [0.5, 0.6) is 0 Å². The van der Waals surface area contributed by atoms with Crippen molar-refractivity contribution in [3.63, 3.8) is 0 Å². The molecule has 1 atom stereocenters. The summed E-state index contributed by atoms with van der Waals surface area (Å²) in [7, 11) is 0. The van der Waals surface area contributed by atoms with Gasteiger partial charge < -0.3 is 5.11 Å². The van der Waals surface area contributed by atoms with Crippen LogP contribution in [0, 0.1) is 0 Å². The van der Waals surface area contributed by atoms with E-state index in [4.69, 9.17) is 0 Å². The van der Waals surface area contributed by atoms with Crippen molar-refractivity contribution in [1.82, 2.24) is 0 Å². The molecular formula is C22H26O. The molecule has 0 radical (unpaired) electrons. The molecule has 120 valence electrons. The lowest BCUT2D eigenvalue weighted by molar-refractivity contribution is 0.182. The van der Waals surface area contributed by atoms with Gasteiger partial charge in [0, 0.05) is 0 Å². The van der Waals surface area contributed by atoms with Gasteiger partial charge in [0.05, 0.1) is 6.10 Å². The van der Waals surface area contributed by atoms with Crippen molar-refractivity contribution < 1.29 is 5.11 Å². The maximum absolute atomic E-state index is 9.23. The minimum Gasteiger partial charge on any atom is -0.393 e. The Morgan fingerprint density at radius 3 is 2.17 bits per heavy atom. The van der Waals surface area contributed by atoms with Gasteiger partial charge >= 0.3 is 0 Å². The van der Waals surface area contributed by atoms with E-state index in [1.165, 1.54) is 22.3 Å². The maximum Gasteiger partial charge on any atom is 0.0512 e. The van der Waals surface area contributed by atoms with E-state index in [1.54, 1.807) is 0 Å². The zero-order valence-corrected chi connectivity index (χ0v) is 13.9. The Labute approximate surface area is 140 Å². The van der Waals surface area contributed by atoms with Gasteiger partial charge in [0.2, 0.25) is 0 Å². The van der Waals surface area contributed by atoms with Crippen molar-refractivity contribution in [3.8, 4) is 11.1 Å². The van der Waals surface area contributed by atoms with Crippen molar-refractivity contribution in [3.05, 3.63) is 78.4 Å². The summed E-state index contributed by atoms with van der Waals surface area (Å²) in [6.45, 7) is 5.61. The van der Waals surface area contributed by atoms with Crippen LogP contribution < -0.4 is 0 Å². The average Bonchev–Trinajstić information content (AvgIpc) is 2.56. The maximum atomic E-state index is 9.23. The highest BCUT2D eigenvalue weighted by molar-refractivity contribution is 5.66. The molecule has 0 aliphatic heterocycles. The fourth-order valence-corrected chi connectivity index (χ4v) is 2.54. The Balaban J connectivity index is 1.93. The highest BCUT2D eigenvalue weighted by Crippen LogP contribution is 2.21. The second-order valence-corrected chi connectivity index (χ2v) is 5.99. The van der Waals surface area contributed by atoms with Crippen LogP contribution in [0.25, 0.3) is 17.2 Å². The van der Waals surface area contributed by atoms with E-state index in [-0.39, 0.29) is 6.10 Å². The van der Waals surface area contributed by atoms with Crippen LogP contribution in [0.15, 0.2) is 67.3 Å². The largest absolute Gasteiger partial charge is 0.393 e. The predicted octanol–water partition coefficient (Wildman–Crippen LogP) is 5.65. The van der Waals surface area contributed by atoms with Gasteiger partial charge in [0.15, 0.2) is 0 Å². The molecule has 0 bridgehead atoms. The summed E-state index contributed by atoms with van der Waals surface area (Å²) < 4.78 is 0. The molecule has 2 rings (SSSR count). The molecule has 1 heteroatoms. The van der Waals surface area contributed by atoms with Crippen LogP contribution in [0.3, 0.4) is 0 Å². The van der Waals surface area contributed by atoms with E-state index in [0.29, 0.717) is 0 Å². The van der Waals surface area contributed by atoms with Crippen LogP contribution in [0.2, 0.25) is 0 Å². The van der Waals surface area contributed by atoms with Crippen molar-refractivity contribution in [2.45, 2.75) is 38.7 Å². The first-order valence-corrected chi connectivity index (χ1v) is 8.34. The Morgan fingerprint density at radius 1 is 1.00 bits per heavy atom. The van der Waals surface area contributed by atoms with Gasteiger partial charge in [0.25, 0.3) is 0 Å². The average molecular weight is 306 g/mol. The molecule has 0 aliphatic carbocycles. The van der Waals surface area contributed by atoms with E-state index in [1.807, 2.05) is 13.0 Å². The van der Waals surface area contributed by atoms with E-state index in [2.05, 4.69) is 67.3 Å². The molecule has 2 aromatic rings. The molecule has 1 unspecified atom stereocenters. The first kappa shape index (κ1) is 17.2. The van der Waals surface area contributed by atoms with Crippen molar-refractivity contribution >= 4 is 6.08 Å². The van der Waals surface area contributed by atoms with Crippen LogP contribution in [-0.2, 0) is 6.42 Å². The summed E-state index contributed by atoms with van der Waals surface area (Å²) in [5, 5.41) is 9.23. The molecule has 0 aromatic heterocycles. The first-order valence-electron chi connectivity index (χ1n) is 8.34. The molecule has 0 heterocycles. The number of benzene rings is 2. The third-order valence-corrected chi connectivity index (χ3v) is 3.88. The quantitative estimate of drug-likeness (QED) is 0.494. The van der Waals surface area contributed by atoms with Gasteiger partial charge in [0.1, 0.15) is 0 Å². The van der Waals surface area contributed by atoms with Crippen LogP contribution in [-0.4, -0.2) is 11.2 Å². The molecular weight excluding hydrogens is 280 g/mol. The molecule has 0 aliphatic rings. The smallest absolute Gasteiger partial charge is 0.0512 e. The number of hydrogen-bond donors (Lipinski definition) is 1. The molecule has 1 nitrogen and oxygen atoms in total. The van der Waals surface area contributed by atoms with Gasteiger partial charge in [-0.1, -0.05) is 66.8 Å². The van der Waals surface area contributed by atoms with Gasteiger partial charge in [-0.3, -0.25) is 0 Å². The summed E-state index contributed by atoms with van der Waals surface area (Å²) >= 11 is 0. The molecule has 0 saturated heterocycles. The Hall–Kier alpha value is -2.12. The highest BCUT2D eigenvalue weighted by Gasteiger charge is 1.98. The van der Waals surface area contributed by atoms with E-state index < -0.39 is 0 Å². The SMILES string of the molecule is C=CCc1ccc(-c2ccc(C=CCCCC(C)O)cc2)cc1. The van der Waals surface area contributed by atoms with E-state index in [0.717, 1.165) is 25.7 Å². The topological polar surface area (TPSA) is 20.2 Å². The zero-order valence-electron chi connectivity index (χ0n) is 13.9. The normalized spacial score (nSPS) is 12.4. The van der Waals surface area contributed by atoms with E-state index in [9.17, 15) is 5.11 Å². The fraction of sp³-hybridized carbons (Fsp3) is 0.273. The predicted molar refractivity (Wildman–Crippen MR) is 100 cm³/mol. The number of rotatable bonds is 8. The van der Waals surface area contributed by atoms with Crippen molar-refractivity contribution in [2.75, 3.05) is 0 Å². The van der Waals surface area contributed by atoms with Crippen molar-refractivity contribution in [1.29, 1.82) is 0 Å². The minimum absolute atomic E-state index is 0.194. The highest BCUT2D eigenvalue weighted by atomic mass is 16.3. The van der Waals surface area contributed by atoms with Crippen LogP contribution in [0.1, 0.15) is 37.3 Å². The third kappa shape index (κ3) is 5.88. The lowest BCUT2D eigenvalue weighted by atomic mass is 10.0. The zero-order chi connectivity index (χ0) is 16.5. The summed E-state index contributed by atoms with van der Waals surface area (Å²) in [5.74, 6) is 0. The van der Waals surface area contributed by atoms with Crippen LogP contribution >= 0.6 is 0 Å². The third-order valence-electron chi connectivity index (χ3n) is 3.88. The Kier molecular flexibility index (Phi) is 6.83. The molecule has 0 saturated carbocycles. The number of aliphatic hydroxyl groups excluding tert-OH is 1. The number of hydrogen-bond acceptors (Lipinski definition) is 1. The fourth-order valence-electron chi connectivity index (χ4n) is 2.54. The summed E-state index contributed by atoms with van der Waals surface area (Å²) in [6.07, 6.45) is 9.89. The summed E-state index contributed by atoms with van der Waals surface area (Å²) in [6, 6.07) is 17.3. The molecule has 0 amide bonds. The number of allylic oxidation sites excluding steroid dienone is 2. The Bertz CT molecular complexity index is 618. The minimum atomic E-state index is -0.194. The lowest BCUT2D eigenvalue weighted by Crippen LogP contribution is -1.97. The molecule has 0 fully saturated rings. The van der Waals surface area contributed by atoms with Gasteiger partial charge in [-0.05, 0) is 54.9 Å². The molecule has 0 spiro atoms. The summed E-state index contributed by atoms with van der Waals surface area (Å²) in [5.41, 5.74) is 4.99. The first-order chi connectivity index (χ1) is 11.2. The van der Waals surface area contributed by atoms with Crippen molar-refractivity contribution in [2.24, 2.45) is 0 Å². The second-order valence-electron chi connectivity index (χ2n) is 5.99. The molecule has 23 heavy (non-hydrogen) atoms. The van der Waals surface area contributed by atoms with Gasteiger partial charge in [-0.25, -0.2) is 0 Å². The molecule has 1 N–H and O–H groups in total. The van der Waals surface area contributed by atoms with Gasteiger partial charge in [-0.2, -0.15) is 0 Å². The monoisotopic (exact) mass is 306 g/mol. The number of unbranched alkanes of at least 4 members (excludes halogenated alkanes) is 1. The van der Waals surface area contributed by atoms with E-state index >= 15 is 0 Å². The standard InChI is InChI=1S/C22H26O/c1-3-7-19-10-14-21(15-11-19)22-16-12-20(13-17-22)9-6-4-5-8-18(2)23/h3,6,9-18,23H,1,4-5,7-8H2,2H3. The lowest BCUT2D eigenvalue weighted by Gasteiger charge is -2.04. The van der Waals surface area contributed by atoms with Crippen LogP contribution in [0.4, 0.5) is 0 Å². The Morgan fingerprint density at radius 2 is 1.61 bits per heavy atom. The summed E-state index contributed by atoms with van der Waals surface area (Å²) in [4.78, 5) is 0.